The molecule has 0 aliphatic heterocycles. The van der Waals surface area contributed by atoms with E-state index in [1.807, 2.05) is 19.3 Å². The minimum atomic E-state index is 0.272. The van der Waals surface area contributed by atoms with E-state index in [0.717, 1.165) is 16.6 Å². The summed E-state index contributed by atoms with van der Waals surface area (Å²) >= 11 is 7.04. The third kappa shape index (κ3) is 3.68. The fraction of sp³-hybridized carbons (Fsp3) is 0.312. The first kappa shape index (κ1) is 15.7. The lowest BCUT2D eigenvalue weighted by Gasteiger charge is -2.18. The van der Waals surface area contributed by atoms with E-state index < -0.39 is 0 Å². The van der Waals surface area contributed by atoms with Crippen LogP contribution in [-0.2, 0) is 6.42 Å². The Bertz CT molecular complexity index is 571. The molecular formula is C16H18Br2N2. The lowest BCUT2D eigenvalue weighted by atomic mass is 9.98. The summed E-state index contributed by atoms with van der Waals surface area (Å²) in [5, 5.41) is 3.39. The van der Waals surface area contributed by atoms with Gasteiger partial charge in [0.1, 0.15) is 0 Å². The predicted octanol–water partition coefficient (Wildman–Crippen LogP) is 4.73. The summed E-state index contributed by atoms with van der Waals surface area (Å²) in [4.78, 5) is 4.46. The van der Waals surface area contributed by atoms with Crippen molar-refractivity contribution < 1.29 is 0 Å². The van der Waals surface area contributed by atoms with E-state index in [-0.39, 0.29) is 6.04 Å². The quantitative estimate of drug-likeness (QED) is 0.806. The summed E-state index contributed by atoms with van der Waals surface area (Å²) in [6, 6.07) is 8.84. The van der Waals surface area contributed by atoms with Crippen LogP contribution < -0.4 is 5.32 Å². The topological polar surface area (TPSA) is 24.9 Å². The molecule has 20 heavy (non-hydrogen) atoms. The number of aromatic nitrogens is 1. The maximum absolute atomic E-state index is 4.46. The molecule has 1 aromatic heterocycles. The summed E-state index contributed by atoms with van der Waals surface area (Å²) in [6.45, 7) is 4.26. The van der Waals surface area contributed by atoms with Gasteiger partial charge >= 0.3 is 0 Å². The molecule has 0 aliphatic rings. The van der Waals surface area contributed by atoms with E-state index in [1.54, 1.807) is 0 Å². The van der Waals surface area contributed by atoms with Crippen molar-refractivity contribution in [1.82, 2.24) is 10.3 Å². The molecule has 4 heteroatoms. The average molecular weight is 398 g/mol. The van der Waals surface area contributed by atoms with Crippen molar-refractivity contribution in [2.45, 2.75) is 26.3 Å². The molecule has 0 spiro atoms. The number of rotatable bonds is 4. The highest BCUT2D eigenvalue weighted by Gasteiger charge is 2.13. The SMILES string of the molecule is CNC(Cc1ccc(Br)cn1)c1cc(C)c(Br)c(C)c1. The Morgan fingerprint density at radius 2 is 1.80 bits per heavy atom. The first-order valence-electron chi connectivity index (χ1n) is 6.55. The molecule has 0 fully saturated rings. The van der Waals surface area contributed by atoms with Gasteiger partial charge in [-0.2, -0.15) is 0 Å². The molecule has 0 amide bonds. The van der Waals surface area contributed by atoms with Gasteiger partial charge in [-0.3, -0.25) is 4.98 Å². The number of pyridine rings is 1. The van der Waals surface area contributed by atoms with E-state index in [1.165, 1.54) is 21.2 Å². The van der Waals surface area contributed by atoms with E-state index in [9.17, 15) is 0 Å². The van der Waals surface area contributed by atoms with Gasteiger partial charge in [0.05, 0.1) is 0 Å². The summed E-state index contributed by atoms with van der Waals surface area (Å²) in [5.74, 6) is 0. The van der Waals surface area contributed by atoms with E-state index in [0.29, 0.717) is 0 Å². The van der Waals surface area contributed by atoms with Crippen molar-refractivity contribution in [1.29, 1.82) is 0 Å². The monoisotopic (exact) mass is 396 g/mol. The number of aryl methyl sites for hydroxylation is 2. The smallest absolute Gasteiger partial charge is 0.0423 e. The predicted molar refractivity (Wildman–Crippen MR) is 91.1 cm³/mol. The van der Waals surface area contributed by atoms with Crippen molar-refractivity contribution in [2.24, 2.45) is 0 Å². The molecular weight excluding hydrogens is 380 g/mol. The van der Waals surface area contributed by atoms with Gasteiger partial charge in [-0.1, -0.05) is 28.1 Å². The van der Waals surface area contributed by atoms with Crippen LogP contribution in [0.4, 0.5) is 0 Å². The van der Waals surface area contributed by atoms with Gasteiger partial charge in [0, 0.05) is 33.3 Å². The average Bonchev–Trinajstić information content (AvgIpc) is 2.43. The van der Waals surface area contributed by atoms with Crippen LogP contribution in [0.3, 0.4) is 0 Å². The van der Waals surface area contributed by atoms with Gasteiger partial charge in [0.2, 0.25) is 0 Å². The number of hydrogen-bond donors (Lipinski definition) is 1. The maximum atomic E-state index is 4.46. The van der Waals surface area contributed by atoms with E-state index in [2.05, 4.69) is 74.2 Å². The van der Waals surface area contributed by atoms with Crippen LogP contribution >= 0.6 is 31.9 Å². The molecule has 2 nitrogen and oxygen atoms in total. The van der Waals surface area contributed by atoms with Crippen LogP contribution in [0.5, 0.6) is 0 Å². The van der Waals surface area contributed by atoms with E-state index >= 15 is 0 Å². The van der Waals surface area contributed by atoms with Crippen molar-refractivity contribution in [2.75, 3.05) is 7.05 Å². The summed E-state index contributed by atoms with van der Waals surface area (Å²) < 4.78 is 2.20. The molecule has 2 rings (SSSR count). The molecule has 0 saturated heterocycles. The molecule has 106 valence electrons. The molecule has 2 aromatic rings. The van der Waals surface area contributed by atoms with Gasteiger partial charge in [-0.15, -0.1) is 0 Å². The third-order valence-electron chi connectivity index (χ3n) is 3.41. The van der Waals surface area contributed by atoms with E-state index in [4.69, 9.17) is 0 Å². The fourth-order valence-electron chi connectivity index (χ4n) is 2.30. The van der Waals surface area contributed by atoms with Gasteiger partial charge in [-0.05, 0) is 65.6 Å². The Labute approximate surface area is 137 Å². The van der Waals surface area contributed by atoms with Crippen LogP contribution in [0.2, 0.25) is 0 Å². The first-order valence-corrected chi connectivity index (χ1v) is 8.14. The molecule has 1 heterocycles. The van der Waals surface area contributed by atoms with Crippen LogP contribution in [0.1, 0.15) is 28.4 Å². The zero-order valence-corrected chi connectivity index (χ0v) is 15.0. The molecule has 0 bridgehead atoms. The minimum absolute atomic E-state index is 0.272. The van der Waals surface area contributed by atoms with Crippen molar-refractivity contribution in [3.8, 4) is 0 Å². The molecule has 1 aromatic carbocycles. The summed E-state index contributed by atoms with van der Waals surface area (Å²) in [5.41, 5.74) is 4.93. The zero-order valence-electron chi connectivity index (χ0n) is 11.9. The molecule has 0 aliphatic carbocycles. The van der Waals surface area contributed by atoms with Gasteiger partial charge < -0.3 is 5.32 Å². The molecule has 0 radical (unpaired) electrons. The second kappa shape index (κ2) is 6.83. The number of benzene rings is 1. The Hall–Kier alpha value is -0.710. The second-order valence-electron chi connectivity index (χ2n) is 4.98. The van der Waals surface area contributed by atoms with Crippen molar-refractivity contribution in [3.05, 3.63) is 61.8 Å². The van der Waals surface area contributed by atoms with Crippen LogP contribution in [0.25, 0.3) is 0 Å². The lowest BCUT2D eigenvalue weighted by molar-refractivity contribution is 0.583. The molecule has 1 atom stereocenters. The Kier molecular flexibility index (Phi) is 5.35. The summed E-state index contributed by atoms with van der Waals surface area (Å²) in [6.07, 6.45) is 2.73. The van der Waals surface area contributed by atoms with Gasteiger partial charge in [0.15, 0.2) is 0 Å². The van der Waals surface area contributed by atoms with Crippen LogP contribution in [0.15, 0.2) is 39.4 Å². The Morgan fingerprint density at radius 3 is 2.30 bits per heavy atom. The highest BCUT2D eigenvalue weighted by Crippen LogP contribution is 2.27. The lowest BCUT2D eigenvalue weighted by Crippen LogP contribution is -2.19. The zero-order chi connectivity index (χ0) is 14.7. The third-order valence-corrected chi connectivity index (χ3v) is 5.13. The normalized spacial score (nSPS) is 12.4. The number of hydrogen-bond acceptors (Lipinski definition) is 2. The summed E-state index contributed by atoms with van der Waals surface area (Å²) in [7, 11) is 2.00. The minimum Gasteiger partial charge on any atom is -0.313 e. The highest BCUT2D eigenvalue weighted by molar-refractivity contribution is 9.10. The highest BCUT2D eigenvalue weighted by atomic mass is 79.9. The second-order valence-corrected chi connectivity index (χ2v) is 6.69. The number of nitrogens with zero attached hydrogens (tertiary/aromatic N) is 1. The number of likely N-dealkylation sites (N-methyl/N-ethyl adjacent to an activating group) is 1. The van der Waals surface area contributed by atoms with Gasteiger partial charge in [0.25, 0.3) is 0 Å². The number of halogens is 2. The Balaban J connectivity index is 2.26. The van der Waals surface area contributed by atoms with Crippen LogP contribution in [0, 0.1) is 13.8 Å². The van der Waals surface area contributed by atoms with Crippen LogP contribution in [-0.4, -0.2) is 12.0 Å². The standard InChI is InChI=1S/C16H18Br2N2/c1-10-6-12(7-11(2)16(10)18)15(19-3)8-14-5-4-13(17)9-20-14/h4-7,9,15,19H,8H2,1-3H3. The molecule has 1 N–H and O–H groups in total. The molecule has 1 unspecified atom stereocenters. The molecule has 0 saturated carbocycles. The van der Waals surface area contributed by atoms with Crippen molar-refractivity contribution in [3.63, 3.8) is 0 Å². The van der Waals surface area contributed by atoms with Gasteiger partial charge in [-0.25, -0.2) is 0 Å². The first-order chi connectivity index (χ1) is 9.51. The fourth-order valence-corrected chi connectivity index (χ4v) is 2.77. The van der Waals surface area contributed by atoms with Crippen molar-refractivity contribution >= 4 is 31.9 Å². The largest absolute Gasteiger partial charge is 0.313 e. The number of nitrogens with one attached hydrogen (secondary N) is 1. The Morgan fingerprint density at radius 1 is 1.15 bits per heavy atom. The maximum Gasteiger partial charge on any atom is 0.0423 e.